The summed E-state index contributed by atoms with van der Waals surface area (Å²) in [7, 11) is 0. The largest absolute Gasteiger partial charge is 0.258 e. The van der Waals surface area contributed by atoms with Crippen molar-refractivity contribution in [2.45, 2.75) is 6.54 Å². The Morgan fingerprint density at radius 2 is 2.24 bits per heavy atom. The van der Waals surface area contributed by atoms with E-state index in [0.29, 0.717) is 5.02 Å². The minimum absolute atomic E-state index is 0.245. The van der Waals surface area contributed by atoms with E-state index in [1.54, 1.807) is 17.0 Å². The second kappa shape index (κ2) is 4.86. The zero-order valence-corrected chi connectivity index (χ0v) is 9.85. The molecule has 0 atom stereocenters. The zero-order valence-electron chi connectivity index (χ0n) is 9.10. The van der Waals surface area contributed by atoms with Gasteiger partial charge >= 0.3 is 0 Å². The third-order valence-corrected chi connectivity index (χ3v) is 2.57. The topological polar surface area (TPSA) is 41.6 Å². The lowest BCUT2D eigenvalue weighted by molar-refractivity contribution is 0.710. The summed E-state index contributed by atoms with van der Waals surface area (Å²) in [6.45, 7) is 3.96. The van der Waals surface area contributed by atoms with Crippen molar-refractivity contribution in [2.24, 2.45) is 0 Å². The first-order valence-corrected chi connectivity index (χ1v) is 5.43. The number of nitriles is 1. The van der Waals surface area contributed by atoms with Crippen molar-refractivity contribution >= 4 is 17.7 Å². The fourth-order valence-electron chi connectivity index (χ4n) is 1.57. The molecule has 0 radical (unpaired) electrons. The molecule has 1 heterocycles. The highest BCUT2D eigenvalue weighted by atomic mass is 35.5. The van der Waals surface area contributed by atoms with Crippen molar-refractivity contribution in [3.8, 4) is 17.2 Å². The summed E-state index contributed by atoms with van der Waals surface area (Å²) >= 11 is 6.02. The van der Waals surface area contributed by atoms with Crippen LogP contribution in [-0.2, 0) is 6.54 Å². The number of nitrogens with zero attached hydrogens (tertiary/aromatic N) is 3. The van der Waals surface area contributed by atoms with Crippen molar-refractivity contribution in [2.75, 3.05) is 0 Å². The van der Waals surface area contributed by atoms with Gasteiger partial charge in [0.05, 0.1) is 12.3 Å². The van der Waals surface area contributed by atoms with Crippen LogP contribution < -0.4 is 0 Å². The van der Waals surface area contributed by atoms with E-state index in [2.05, 4.69) is 11.7 Å². The van der Waals surface area contributed by atoms with Crippen molar-refractivity contribution in [3.05, 3.63) is 47.8 Å². The first-order valence-electron chi connectivity index (χ1n) is 5.06. The Bertz CT molecular complexity index is 593. The van der Waals surface area contributed by atoms with Gasteiger partial charge in [-0.3, -0.25) is 4.68 Å². The van der Waals surface area contributed by atoms with Crippen LogP contribution in [0.1, 0.15) is 5.56 Å². The van der Waals surface area contributed by atoms with Crippen LogP contribution in [-0.4, -0.2) is 9.78 Å². The van der Waals surface area contributed by atoms with Gasteiger partial charge in [-0.15, -0.1) is 0 Å². The van der Waals surface area contributed by atoms with E-state index in [9.17, 15) is 0 Å². The first kappa shape index (κ1) is 11.4. The molecule has 3 nitrogen and oxygen atoms in total. The molecule has 2 aromatic rings. The van der Waals surface area contributed by atoms with Gasteiger partial charge in [0.15, 0.2) is 0 Å². The molecule has 0 amide bonds. The Morgan fingerprint density at radius 1 is 1.41 bits per heavy atom. The summed E-state index contributed by atoms with van der Waals surface area (Å²) in [6.07, 6.45) is 5.28. The van der Waals surface area contributed by atoms with Crippen molar-refractivity contribution in [3.63, 3.8) is 0 Å². The van der Waals surface area contributed by atoms with Gasteiger partial charge in [-0.2, -0.15) is 10.4 Å². The molecular formula is C13H10ClN3. The van der Waals surface area contributed by atoms with Crippen LogP contribution in [0.5, 0.6) is 0 Å². The maximum atomic E-state index is 8.58. The first-order chi connectivity index (χ1) is 8.22. The average molecular weight is 244 g/mol. The van der Waals surface area contributed by atoms with Crippen molar-refractivity contribution in [1.82, 2.24) is 9.78 Å². The van der Waals surface area contributed by atoms with Crippen LogP contribution in [0.25, 0.3) is 17.2 Å². The van der Waals surface area contributed by atoms with Crippen LogP contribution in [0.15, 0.2) is 37.2 Å². The van der Waals surface area contributed by atoms with Crippen LogP contribution in [0.4, 0.5) is 0 Å². The fraction of sp³-hybridized carbons (Fsp3) is 0.0769. The Kier molecular flexibility index (Phi) is 3.27. The van der Waals surface area contributed by atoms with E-state index in [0.717, 1.165) is 16.7 Å². The number of benzene rings is 1. The lowest BCUT2D eigenvalue weighted by Gasteiger charge is -2.01. The third-order valence-electron chi connectivity index (χ3n) is 2.36. The Labute approximate surface area is 105 Å². The van der Waals surface area contributed by atoms with E-state index in [1.165, 1.54) is 0 Å². The van der Waals surface area contributed by atoms with Crippen LogP contribution >= 0.6 is 11.6 Å². The molecule has 0 bridgehead atoms. The SMILES string of the molecule is C=Cc1cc(Cl)cc(-c2cnn(CC#N)c2)c1. The monoisotopic (exact) mass is 243 g/mol. The summed E-state index contributed by atoms with van der Waals surface area (Å²) < 4.78 is 1.59. The molecule has 4 heteroatoms. The Hall–Kier alpha value is -2.05. The molecule has 84 valence electrons. The molecule has 0 aliphatic rings. The lowest BCUT2D eigenvalue weighted by atomic mass is 10.1. The molecule has 17 heavy (non-hydrogen) atoms. The van der Waals surface area contributed by atoms with Crippen molar-refractivity contribution in [1.29, 1.82) is 5.26 Å². The minimum atomic E-state index is 0.245. The van der Waals surface area contributed by atoms with Gasteiger partial charge in [0.25, 0.3) is 0 Å². The zero-order chi connectivity index (χ0) is 12.3. The van der Waals surface area contributed by atoms with Crippen LogP contribution in [0.3, 0.4) is 0 Å². The third kappa shape index (κ3) is 2.55. The fourth-order valence-corrected chi connectivity index (χ4v) is 1.81. The number of rotatable bonds is 3. The normalized spacial score (nSPS) is 9.88. The van der Waals surface area contributed by atoms with Gasteiger partial charge in [-0.1, -0.05) is 24.3 Å². The molecular weight excluding hydrogens is 234 g/mol. The molecule has 0 spiro atoms. The van der Waals surface area contributed by atoms with Gasteiger partial charge in [-0.25, -0.2) is 0 Å². The molecule has 0 N–H and O–H groups in total. The maximum Gasteiger partial charge on any atom is 0.128 e. The molecule has 0 fully saturated rings. The Balaban J connectivity index is 2.41. The molecule has 0 saturated carbocycles. The van der Waals surface area contributed by atoms with Crippen molar-refractivity contribution < 1.29 is 0 Å². The molecule has 0 aliphatic heterocycles. The smallest absolute Gasteiger partial charge is 0.128 e. The highest BCUT2D eigenvalue weighted by molar-refractivity contribution is 6.31. The second-order valence-corrected chi connectivity index (χ2v) is 4.00. The summed E-state index contributed by atoms with van der Waals surface area (Å²) in [6, 6.07) is 7.73. The summed E-state index contributed by atoms with van der Waals surface area (Å²) in [5.41, 5.74) is 2.86. The summed E-state index contributed by atoms with van der Waals surface area (Å²) in [5, 5.41) is 13.3. The second-order valence-electron chi connectivity index (χ2n) is 3.56. The molecule has 0 aliphatic carbocycles. The van der Waals surface area contributed by atoms with Gasteiger partial charge in [-0.05, 0) is 29.3 Å². The standard InChI is InChI=1S/C13H10ClN3/c1-2-10-5-11(7-13(14)6-10)12-8-16-17(9-12)4-3-15/h2,5-9H,1,4H2. The lowest BCUT2D eigenvalue weighted by Crippen LogP contribution is -1.93. The highest BCUT2D eigenvalue weighted by Crippen LogP contribution is 2.24. The predicted octanol–water partition coefficient (Wildman–Crippen LogP) is 3.37. The molecule has 1 aromatic heterocycles. The van der Waals surface area contributed by atoms with E-state index in [4.69, 9.17) is 16.9 Å². The highest BCUT2D eigenvalue weighted by Gasteiger charge is 2.04. The number of aromatic nitrogens is 2. The number of halogens is 1. The van der Waals surface area contributed by atoms with Crippen LogP contribution in [0, 0.1) is 11.3 Å². The average Bonchev–Trinajstić information content (AvgIpc) is 2.77. The molecule has 1 aromatic carbocycles. The van der Waals surface area contributed by atoms with E-state index >= 15 is 0 Å². The maximum absolute atomic E-state index is 8.58. The number of hydrogen-bond acceptors (Lipinski definition) is 2. The van der Waals surface area contributed by atoms with Gasteiger partial charge < -0.3 is 0 Å². The molecule has 0 saturated heterocycles. The summed E-state index contributed by atoms with van der Waals surface area (Å²) in [5.74, 6) is 0. The van der Waals surface area contributed by atoms with Gasteiger partial charge in [0.1, 0.15) is 6.54 Å². The minimum Gasteiger partial charge on any atom is -0.258 e. The summed E-state index contributed by atoms with van der Waals surface area (Å²) in [4.78, 5) is 0. The van der Waals surface area contributed by atoms with E-state index in [-0.39, 0.29) is 6.54 Å². The molecule has 2 rings (SSSR count). The van der Waals surface area contributed by atoms with Crippen LogP contribution in [0.2, 0.25) is 5.02 Å². The predicted molar refractivity (Wildman–Crippen MR) is 68.4 cm³/mol. The number of hydrogen-bond donors (Lipinski definition) is 0. The van der Waals surface area contributed by atoms with E-state index in [1.807, 2.05) is 30.5 Å². The Morgan fingerprint density at radius 3 is 2.94 bits per heavy atom. The quantitative estimate of drug-likeness (QED) is 0.829. The van der Waals surface area contributed by atoms with Gasteiger partial charge in [0, 0.05) is 16.8 Å². The van der Waals surface area contributed by atoms with E-state index < -0.39 is 0 Å². The van der Waals surface area contributed by atoms with Gasteiger partial charge in [0.2, 0.25) is 0 Å². The molecule has 0 unspecified atom stereocenters.